The first-order valence-electron chi connectivity index (χ1n) is 6.09. The Labute approximate surface area is 101 Å². The van der Waals surface area contributed by atoms with E-state index in [1.807, 2.05) is 35.2 Å². The zero-order valence-electron chi connectivity index (χ0n) is 9.71. The van der Waals surface area contributed by atoms with E-state index in [1.54, 1.807) is 0 Å². The molecule has 1 aromatic rings. The molecule has 0 bridgehead atoms. The van der Waals surface area contributed by atoms with Crippen LogP contribution < -0.4 is 0 Å². The Morgan fingerprint density at radius 1 is 1.29 bits per heavy atom. The van der Waals surface area contributed by atoms with E-state index < -0.39 is 0 Å². The molecule has 0 unspecified atom stereocenters. The van der Waals surface area contributed by atoms with Crippen LogP contribution in [0.1, 0.15) is 18.4 Å². The third-order valence-corrected chi connectivity index (χ3v) is 3.44. The monoisotopic (exact) mass is 232 g/mol. The van der Waals surface area contributed by atoms with Crippen LogP contribution in [-0.2, 0) is 11.4 Å². The Morgan fingerprint density at radius 3 is 2.88 bits per heavy atom. The molecule has 4 nitrogen and oxygen atoms in total. The van der Waals surface area contributed by atoms with E-state index in [9.17, 15) is 4.79 Å². The molecule has 2 aliphatic heterocycles. The normalized spacial score (nSPS) is 23.3. The number of amides is 2. The van der Waals surface area contributed by atoms with Gasteiger partial charge in [0, 0.05) is 6.54 Å². The molecule has 2 amide bonds. The van der Waals surface area contributed by atoms with E-state index in [-0.39, 0.29) is 6.03 Å². The molecular formula is C13H16N2O2. The predicted molar refractivity (Wildman–Crippen MR) is 63.1 cm³/mol. The lowest BCUT2D eigenvalue weighted by molar-refractivity contribution is -0.118. The molecule has 1 aromatic carbocycles. The van der Waals surface area contributed by atoms with Gasteiger partial charge in [0.25, 0.3) is 0 Å². The largest absolute Gasteiger partial charge is 0.344 e. The molecular weight excluding hydrogens is 216 g/mol. The maximum atomic E-state index is 11.9. The Hall–Kier alpha value is -1.55. The summed E-state index contributed by atoms with van der Waals surface area (Å²) >= 11 is 0. The van der Waals surface area contributed by atoms with Crippen molar-refractivity contribution in [3.8, 4) is 0 Å². The van der Waals surface area contributed by atoms with Crippen molar-refractivity contribution in [1.29, 1.82) is 0 Å². The molecule has 1 atom stereocenters. The number of carbonyl (C=O) groups excluding carboxylic acids is 1. The minimum atomic E-state index is 0.0310. The molecule has 2 aliphatic rings. The minimum absolute atomic E-state index is 0.0310. The van der Waals surface area contributed by atoms with Crippen LogP contribution in [0.2, 0.25) is 0 Å². The number of urea groups is 1. The Bertz CT molecular complexity index is 407. The van der Waals surface area contributed by atoms with Gasteiger partial charge in [0.2, 0.25) is 0 Å². The number of rotatable bonds is 3. The van der Waals surface area contributed by atoms with Crippen LogP contribution in [0, 0.1) is 0 Å². The van der Waals surface area contributed by atoms with E-state index in [2.05, 4.69) is 0 Å². The highest BCUT2D eigenvalue weighted by molar-refractivity contribution is 5.76. The van der Waals surface area contributed by atoms with Gasteiger partial charge in [-0.25, -0.2) is 9.86 Å². The maximum Gasteiger partial charge on any atom is 0.344 e. The molecule has 90 valence electrons. The minimum Gasteiger partial charge on any atom is -0.318 e. The molecule has 0 aromatic heterocycles. The molecule has 2 fully saturated rings. The van der Waals surface area contributed by atoms with Crippen LogP contribution in [0.4, 0.5) is 4.79 Å². The van der Waals surface area contributed by atoms with Crippen molar-refractivity contribution in [2.45, 2.75) is 25.5 Å². The van der Waals surface area contributed by atoms with Crippen molar-refractivity contribution in [1.82, 2.24) is 9.96 Å². The van der Waals surface area contributed by atoms with Gasteiger partial charge in [-0.05, 0) is 18.4 Å². The first-order valence-corrected chi connectivity index (χ1v) is 6.09. The van der Waals surface area contributed by atoms with E-state index in [4.69, 9.17) is 4.84 Å². The van der Waals surface area contributed by atoms with Crippen molar-refractivity contribution in [2.24, 2.45) is 0 Å². The van der Waals surface area contributed by atoms with Gasteiger partial charge in [-0.15, -0.1) is 0 Å². The number of hydrogen-bond acceptors (Lipinski definition) is 2. The van der Waals surface area contributed by atoms with Crippen LogP contribution in [0.5, 0.6) is 0 Å². The molecule has 2 heterocycles. The van der Waals surface area contributed by atoms with Gasteiger partial charge < -0.3 is 4.90 Å². The Morgan fingerprint density at radius 2 is 2.12 bits per heavy atom. The smallest absolute Gasteiger partial charge is 0.318 e. The summed E-state index contributed by atoms with van der Waals surface area (Å²) < 4.78 is 0. The maximum absolute atomic E-state index is 11.9. The van der Waals surface area contributed by atoms with Crippen molar-refractivity contribution in [3.05, 3.63) is 35.9 Å². The quantitative estimate of drug-likeness (QED) is 0.798. The van der Waals surface area contributed by atoms with Gasteiger partial charge in [-0.2, -0.15) is 0 Å². The highest BCUT2D eigenvalue weighted by atomic mass is 16.7. The molecule has 0 saturated carbocycles. The first kappa shape index (κ1) is 10.6. The molecule has 0 N–H and O–H groups in total. The summed E-state index contributed by atoms with van der Waals surface area (Å²) in [5.74, 6) is 0. The second-order valence-electron chi connectivity index (χ2n) is 4.59. The third kappa shape index (κ3) is 2.00. The molecule has 0 aliphatic carbocycles. The summed E-state index contributed by atoms with van der Waals surface area (Å²) in [4.78, 5) is 19.4. The van der Waals surface area contributed by atoms with Crippen molar-refractivity contribution in [2.75, 3.05) is 13.1 Å². The van der Waals surface area contributed by atoms with E-state index in [1.165, 1.54) is 5.06 Å². The molecule has 0 spiro atoms. The lowest BCUT2D eigenvalue weighted by Gasteiger charge is -2.16. The Balaban J connectivity index is 1.58. The zero-order valence-corrected chi connectivity index (χ0v) is 9.71. The van der Waals surface area contributed by atoms with Crippen LogP contribution in [0.15, 0.2) is 30.3 Å². The average molecular weight is 232 g/mol. The fourth-order valence-electron chi connectivity index (χ4n) is 2.52. The number of benzene rings is 1. The first-order chi connectivity index (χ1) is 8.34. The SMILES string of the molecule is O=C1N(OCc2ccccc2)C[C@@H]2CCCN12. The summed E-state index contributed by atoms with van der Waals surface area (Å²) in [6.45, 7) is 2.06. The van der Waals surface area contributed by atoms with Gasteiger partial charge in [-0.1, -0.05) is 30.3 Å². The predicted octanol–water partition coefficient (Wildman–Crippen LogP) is 2.02. The lowest BCUT2D eigenvalue weighted by Crippen LogP contribution is -2.31. The molecule has 2 saturated heterocycles. The summed E-state index contributed by atoms with van der Waals surface area (Å²) in [7, 11) is 0. The highest BCUT2D eigenvalue weighted by Crippen LogP contribution is 2.26. The fourth-order valence-corrected chi connectivity index (χ4v) is 2.52. The van der Waals surface area contributed by atoms with Crippen LogP contribution >= 0.6 is 0 Å². The van der Waals surface area contributed by atoms with Gasteiger partial charge in [0.1, 0.15) is 6.61 Å². The fraction of sp³-hybridized carbons (Fsp3) is 0.462. The van der Waals surface area contributed by atoms with Crippen LogP contribution in [-0.4, -0.2) is 35.1 Å². The average Bonchev–Trinajstić information content (AvgIpc) is 2.92. The summed E-state index contributed by atoms with van der Waals surface area (Å²) in [5, 5.41) is 1.51. The van der Waals surface area contributed by atoms with Gasteiger partial charge in [0.05, 0.1) is 12.6 Å². The third-order valence-electron chi connectivity index (χ3n) is 3.44. The molecule has 3 rings (SSSR count). The van der Waals surface area contributed by atoms with E-state index >= 15 is 0 Å². The Kier molecular flexibility index (Phi) is 2.73. The van der Waals surface area contributed by atoms with Crippen molar-refractivity contribution >= 4 is 6.03 Å². The van der Waals surface area contributed by atoms with E-state index in [0.717, 1.165) is 24.9 Å². The number of carbonyl (C=O) groups is 1. The summed E-state index contributed by atoms with van der Waals surface area (Å²) in [6.07, 6.45) is 2.24. The number of hydrogen-bond donors (Lipinski definition) is 0. The summed E-state index contributed by atoms with van der Waals surface area (Å²) in [5.41, 5.74) is 1.09. The van der Waals surface area contributed by atoms with Crippen molar-refractivity contribution < 1.29 is 9.63 Å². The topological polar surface area (TPSA) is 32.8 Å². The highest BCUT2D eigenvalue weighted by Gasteiger charge is 2.40. The number of hydroxylamine groups is 2. The van der Waals surface area contributed by atoms with E-state index in [0.29, 0.717) is 19.2 Å². The zero-order chi connectivity index (χ0) is 11.7. The second-order valence-corrected chi connectivity index (χ2v) is 4.59. The molecule has 4 heteroatoms. The van der Waals surface area contributed by atoms with Gasteiger partial charge >= 0.3 is 6.03 Å². The van der Waals surface area contributed by atoms with Crippen LogP contribution in [0.3, 0.4) is 0 Å². The standard InChI is InChI=1S/C13H16N2O2/c16-13-14-8-4-7-12(14)9-15(13)17-10-11-5-2-1-3-6-11/h1-3,5-6,12H,4,7-10H2/t12-/m0/s1. The lowest BCUT2D eigenvalue weighted by atomic mass is 10.2. The molecule has 0 radical (unpaired) electrons. The van der Waals surface area contributed by atoms with Gasteiger partial charge in [0.15, 0.2) is 0 Å². The van der Waals surface area contributed by atoms with Crippen LogP contribution in [0.25, 0.3) is 0 Å². The summed E-state index contributed by atoms with van der Waals surface area (Å²) in [6, 6.07) is 10.3. The van der Waals surface area contributed by atoms with Crippen molar-refractivity contribution in [3.63, 3.8) is 0 Å². The van der Waals surface area contributed by atoms with Gasteiger partial charge in [-0.3, -0.25) is 4.84 Å². The number of nitrogens with zero attached hydrogens (tertiary/aromatic N) is 2. The molecule has 17 heavy (non-hydrogen) atoms. The second kappa shape index (κ2) is 4.37. The number of fused-ring (bicyclic) bond motifs is 1.